The average Bonchev–Trinajstić information content (AvgIpc) is 3.17. The highest BCUT2D eigenvalue weighted by atomic mass is 79.9. The molecule has 1 aliphatic rings. The second-order valence-corrected chi connectivity index (χ2v) is 7.82. The number of benzene rings is 1. The Morgan fingerprint density at radius 3 is 2.73 bits per heavy atom. The molecular formula is C18H20BrClN4O2. The van der Waals surface area contributed by atoms with Gasteiger partial charge in [-0.3, -0.25) is 14.7 Å². The van der Waals surface area contributed by atoms with Gasteiger partial charge in [0.15, 0.2) is 5.69 Å². The number of likely N-dealkylation sites (N-methyl/N-ethyl adjacent to an activating group) is 1. The molecule has 0 saturated carbocycles. The van der Waals surface area contributed by atoms with Crippen LogP contribution in [0.4, 0.5) is 5.69 Å². The summed E-state index contributed by atoms with van der Waals surface area (Å²) in [5.74, 6) is -0.225. The minimum absolute atomic E-state index is 0.135. The van der Waals surface area contributed by atoms with E-state index in [0.717, 1.165) is 5.69 Å². The van der Waals surface area contributed by atoms with E-state index in [4.69, 9.17) is 11.6 Å². The number of nitrogens with zero attached hydrogens (tertiary/aromatic N) is 3. The Balaban J connectivity index is 1.81. The van der Waals surface area contributed by atoms with Crippen LogP contribution < -0.4 is 4.90 Å². The zero-order valence-electron chi connectivity index (χ0n) is 14.8. The third-order valence-electron chi connectivity index (χ3n) is 4.62. The molecule has 26 heavy (non-hydrogen) atoms. The van der Waals surface area contributed by atoms with Gasteiger partial charge in [-0.25, -0.2) is 0 Å². The Morgan fingerprint density at radius 2 is 2.12 bits per heavy atom. The predicted octanol–water partition coefficient (Wildman–Crippen LogP) is 3.83. The van der Waals surface area contributed by atoms with Crippen LogP contribution in [0.15, 0.2) is 28.7 Å². The Hall–Kier alpha value is -1.86. The topological polar surface area (TPSA) is 69.3 Å². The highest BCUT2D eigenvalue weighted by Gasteiger charge is 2.39. The van der Waals surface area contributed by atoms with Gasteiger partial charge < -0.3 is 9.80 Å². The van der Waals surface area contributed by atoms with Crippen molar-refractivity contribution in [2.24, 2.45) is 0 Å². The van der Waals surface area contributed by atoms with Crippen LogP contribution in [0, 0.1) is 0 Å². The summed E-state index contributed by atoms with van der Waals surface area (Å²) < 4.78 is 0.651. The molecule has 1 aliphatic heterocycles. The van der Waals surface area contributed by atoms with Crippen molar-refractivity contribution in [2.45, 2.75) is 32.2 Å². The third-order valence-corrected chi connectivity index (χ3v) is 5.74. The highest BCUT2D eigenvalue weighted by molar-refractivity contribution is 9.10. The maximum Gasteiger partial charge on any atom is 0.275 e. The van der Waals surface area contributed by atoms with Crippen LogP contribution in [0.2, 0.25) is 5.02 Å². The summed E-state index contributed by atoms with van der Waals surface area (Å²) in [4.78, 5) is 28.8. The molecule has 2 amide bonds. The lowest BCUT2D eigenvalue weighted by molar-refractivity contribution is -0.120. The molecule has 0 aliphatic carbocycles. The standard InChI is InChI=1S/C18H20BrClN4O2/c1-10(2)15-14(19)16(22-21-15)18(26)23(3)13-8-9-24(17(13)25)12-7-5-4-6-11(12)20/h4-7,10,13H,8-9H2,1-3H3,(H,21,22). The van der Waals surface area contributed by atoms with E-state index in [9.17, 15) is 9.59 Å². The molecular weight excluding hydrogens is 420 g/mol. The summed E-state index contributed by atoms with van der Waals surface area (Å²) in [6.45, 7) is 4.54. The monoisotopic (exact) mass is 438 g/mol. The summed E-state index contributed by atoms with van der Waals surface area (Å²) in [6.07, 6.45) is 0.547. The van der Waals surface area contributed by atoms with Crippen molar-refractivity contribution >= 4 is 45.0 Å². The van der Waals surface area contributed by atoms with Crippen LogP contribution >= 0.6 is 27.5 Å². The number of para-hydroxylation sites is 1. The second-order valence-electron chi connectivity index (χ2n) is 6.62. The molecule has 6 nitrogen and oxygen atoms in total. The van der Waals surface area contributed by atoms with Crippen LogP contribution in [0.1, 0.15) is 42.4 Å². The zero-order chi connectivity index (χ0) is 19.0. The van der Waals surface area contributed by atoms with Gasteiger partial charge in [0, 0.05) is 13.6 Å². The lowest BCUT2D eigenvalue weighted by atomic mass is 10.1. The van der Waals surface area contributed by atoms with Gasteiger partial charge in [-0.15, -0.1) is 0 Å². The molecule has 138 valence electrons. The lowest BCUT2D eigenvalue weighted by Gasteiger charge is -2.24. The molecule has 1 saturated heterocycles. The van der Waals surface area contributed by atoms with Crippen LogP contribution in [0.3, 0.4) is 0 Å². The molecule has 1 unspecified atom stereocenters. The summed E-state index contributed by atoms with van der Waals surface area (Å²) >= 11 is 9.66. The van der Waals surface area contributed by atoms with E-state index in [2.05, 4.69) is 26.1 Å². The molecule has 1 atom stereocenters. The maximum atomic E-state index is 12.9. The van der Waals surface area contributed by atoms with E-state index < -0.39 is 6.04 Å². The molecule has 1 N–H and O–H groups in total. The molecule has 0 spiro atoms. The number of amides is 2. The van der Waals surface area contributed by atoms with E-state index in [-0.39, 0.29) is 17.7 Å². The Labute approximate surface area is 165 Å². The summed E-state index contributed by atoms with van der Waals surface area (Å²) in [5, 5.41) is 7.55. The van der Waals surface area contributed by atoms with Crippen molar-refractivity contribution in [2.75, 3.05) is 18.5 Å². The van der Waals surface area contributed by atoms with Gasteiger partial charge in [0.1, 0.15) is 6.04 Å². The number of carbonyl (C=O) groups excluding carboxylic acids is 2. The third kappa shape index (κ3) is 3.25. The van der Waals surface area contributed by atoms with Crippen molar-refractivity contribution < 1.29 is 9.59 Å². The van der Waals surface area contributed by atoms with Crippen LogP contribution in [0.5, 0.6) is 0 Å². The van der Waals surface area contributed by atoms with Gasteiger partial charge in [0.2, 0.25) is 5.91 Å². The van der Waals surface area contributed by atoms with Crippen molar-refractivity contribution in [1.29, 1.82) is 0 Å². The summed E-state index contributed by atoms with van der Waals surface area (Å²) in [5.41, 5.74) is 1.82. The molecule has 1 aromatic heterocycles. The number of H-pyrrole nitrogens is 1. The smallest absolute Gasteiger partial charge is 0.275 e. The van der Waals surface area contributed by atoms with Crippen molar-refractivity contribution in [3.63, 3.8) is 0 Å². The van der Waals surface area contributed by atoms with E-state index in [0.29, 0.717) is 33.8 Å². The first-order chi connectivity index (χ1) is 12.3. The lowest BCUT2D eigenvalue weighted by Crippen LogP contribution is -2.43. The molecule has 1 fully saturated rings. The molecule has 1 aromatic carbocycles. The quantitative estimate of drug-likeness (QED) is 0.787. The highest BCUT2D eigenvalue weighted by Crippen LogP contribution is 2.31. The van der Waals surface area contributed by atoms with Gasteiger partial charge >= 0.3 is 0 Å². The fourth-order valence-corrected chi connectivity index (χ4v) is 4.15. The largest absolute Gasteiger partial charge is 0.328 e. The van der Waals surface area contributed by atoms with Crippen molar-refractivity contribution in [3.05, 3.63) is 45.1 Å². The van der Waals surface area contributed by atoms with E-state index in [1.165, 1.54) is 4.90 Å². The molecule has 0 radical (unpaired) electrons. The van der Waals surface area contributed by atoms with Gasteiger partial charge in [0.05, 0.1) is 20.9 Å². The van der Waals surface area contributed by atoms with Crippen LogP contribution in [-0.2, 0) is 4.79 Å². The Morgan fingerprint density at radius 1 is 1.42 bits per heavy atom. The Bertz CT molecular complexity index is 851. The number of hydrogen-bond donors (Lipinski definition) is 1. The molecule has 0 bridgehead atoms. The first kappa shape index (κ1) is 18.9. The summed E-state index contributed by atoms with van der Waals surface area (Å²) in [7, 11) is 1.64. The minimum Gasteiger partial charge on any atom is -0.328 e. The SMILES string of the molecule is CC(C)c1[nH]nc(C(=O)N(C)C2CCN(c3ccccc3Cl)C2=O)c1Br. The van der Waals surface area contributed by atoms with Gasteiger partial charge in [0.25, 0.3) is 5.91 Å². The average molecular weight is 440 g/mol. The molecule has 8 heteroatoms. The van der Waals surface area contributed by atoms with Crippen molar-refractivity contribution in [3.8, 4) is 0 Å². The minimum atomic E-state index is -0.537. The number of nitrogens with one attached hydrogen (secondary N) is 1. The predicted molar refractivity (Wildman–Crippen MR) is 105 cm³/mol. The number of halogens is 2. The fraction of sp³-hybridized carbons (Fsp3) is 0.389. The number of carbonyl (C=O) groups is 2. The number of aromatic amines is 1. The van der Waals surface area contributed by atoms with Crippen LogP contribution in [0.25, 0.3) is 0 Å². The summed E-state index contributed by atoms with van der Waals surface area (Å²) in [6, 6.07) is 6.68. The normalized spacial score (nSPS) is 17.2. The maximum absolute atomic E-state index is 12.9. The first-order valence-electron chi connectivity index (χ1n) is 8.39. The van der Waals surface area contributed by atoms with E-state index in [1.54, 1.807) is 18.0 Å². The van der Waals surface area contributed by atoms with Crippen LogP contribution in [-0.4, -0.2) is 46.5 Å². The fourth-order valence-electron chi connectivity index (χ4n) is 3.11. The van der Waals surface area contributed by atoms with E-state index in [1.807, 2.05) is 32.0 Å². The number of anilines is 1. The van der Waals surface area contributed by atoms with Gasteiger partial charge in [-0.2, -0.15) is 5.10 Å². The zero-order valence-corrected chi connectivity index (χ0v) is 17.1. The van der Waals surface area contributed by atoms with Gasteiger partial charge in [-0.1, -0.05) is 37.6 Å². The van der Waals surface area contributed by atoms with Crippen molar-refractivity contribution in [1.82, 2.24) is 15.1 Å². The molecule has 2 heterocycles. The molecule has 2 aromatic rings. The molecule has 3 rings (SSSR count). The Kier molecular flexibility index (Phi) is 5.39. The van der Waals surface area contributed by atoms with E-state index >= 15 is 0 Å². The number of aromatic nitrogens is 2. The van der Waals surface area contributed by atoms with Gasteiger partial charge in [-0.05, 0) is 40.4 Å². The number of rotatable bonds is 4. The second kappa shape index (κ2) is 7.40. The first-order valence-corrected chi connectivity index (χ1v) is 9.56. The number of hydrogen-bond acceptors (Lipinski definition) is 3.